The lowest BCUT2D eigenvalue weighted by molar-refractivity contribution is -0.137. The number of halogens is 5. The minimum Gasteiger partial charge on any atom is -0.378 e. The number of ether oxygens (including phenoxy) is 1. The molecule has 1 saturated heterocycles. The highest BCUT2D eigenvalue weighted by Gasteiger charge is 2.41. The van der Waals surface area contributed by atoms with Crippen molar-refractivity contribution in [3.63, 3.8) is 0 Å². The summed E-state index contributed by atoms with van der Waals surface area (Å²) in [5, 5.41) is 3.20. The number of hydrogen-bond acceptors (Lipinski definition) is 2. The third-order valence-corrected chi connectivity index (χ3v) is 5.10. The van der Waals surface area contributed by atoms with Crippen molar-refractivity contribution in [2.45, 2.75) is 31.2 Å². The van der Waals surface area contributed by atoms with Gasteiger partial charge < -0.3 is 10.1 Å². The Balaban J connectivity index is 1.77. The number of hydrogen-bond donors (Lipinski definition) is 1. The summed E-state index contributed by atoms with van der Waals surface area (Å²) < 4.78 is 72.0. The van der Waals surface area contributed by atoms with Gasteiger partial charge in [0, 0.05) is 23.8 Å². The number of benzene rings is 2. The smallest absolute Gasteiger partial charge is 0.378 e. The van der Waals surface area contributed by atoms with Crippen LogP contribution in [0, 0.1) is 17.6 Å². The summed E-state index contributed by atoms with van der Waals surface area (Å²) in [6, 6.07) is 6.83. The van der Waals surface area contributed by atoms with E-state index < -0.39 is 29.5 Å². The van der Waals surface area contributed by atoms with E-state index in [9.17, 15) is 22.0 Å². The van der Waals surface area contributed by atoms with Crippen molar-refractivity contribution >= 4 is 5.69 Å². The van der Waals surface area contributed by atoms with E-state index in [1.165, 1.54) is 12.1 Å². The lowest BCUT2D eigenvalue weighted by Crippen LogP contribution is -2.36. The summed E-state index contributed by atoms with van der Waals surface area (Å²) in [7, 11) is 0. The van der Waals surface area contributed by atoms with Gasteiger partial charge in [0.15, 0.2) is 11.6 Å². The van der Waals surface area contributed by atoms with Crippen LogP contribution in [0.25, 0.3) is 0 Å². The predicted octanol–water partition coefficient (Wildman–Crippen LogP) is 5.62. The van der Waals surface area contributed by atoms with Gasteiger partial charge in [-0.25, -0.2) is 8.78 Å². The molecule has 1 N–H and O–H groups in total. The van der Waals surface area contributed by atoms with E-state index in [0.29, 0.717) is 23.4 Å². The first-order valence-electron chi connectivity index (χ1n) is 8.39. The Morgan fingerprint density at radius 3 is 2.54 bits per heavy atom. The molecule has 3 atom stereocenters. The average molecular weight is 369 g/mol. The molecule has 2 heterocycles. The molecule has 2 aromatic rings. The topological polar surface area (TPSA) is 21.3 Å². The van der Waals surface area contributed by atoms with Crippen LogP contribution in [0.3, 0.4) is 0 Å². The zero-order valence-electron chi connectivity index (χ0n) is 13.6. The number of nitrogens with one attached hydrogen (secondary N) is 1. The first-order valence-corrected chi connectivity index (χ1v) is 8.39. The molecule has 0 aliphatic carbocycles. The molecule has 0 aromatic heterocycles. The molecular formula is C19H16F5NO. The van der Waals surface area contributed by atoms with Crippen LogP contribution < -0.4 is 5.32 Å². The molecule has 2 aliphatic heterocycles. The second-order valence-electron chi connectivity index (χ2n) is 6.69. The van der Waals surface area contributed by atoms with E-state index in [4.69, 9.17) is 4.74 Å². The summed E-state index contributed by atoms with van der Waals surface area (Å²) in [4.78, 5) is 0. The molecule has 7 heteroatoms. The maximum Gasteiger partial charge on any atom is 0.416 e. The predicted molar refractivity (Wildman–Crippen MR) is 85.6 cm³/mol. The number of anilines is 1. The van der Waals surface area contributed by atoms with Crippen LogP contribution in [0.1, 0.15) is 41.7 Å². The van der Waals surface area contributed by atoms with Crippen molar-refractivity contribution in [1.29, 1.82) is 0 Å². The van der Waals surface area contributed by atoms with Gasteiger partial charge in [0.2, 0.25) is 0 Å². The van der Waals surface area contributed by atoms with Crippen LogP contribution in [0.5, 0.6) is 0 Å². The molecule has 0 saturated carbocycles. The van der Waals surface area contributed by atoms with Crippen molar-refractivity contribution in [3.8, 4) is 0 Å². The molecule has 0 bridgehead atoms. The molecule has 2 aliphatic rings. The second-order valence-corrected chi connectivity index (χ2v) is 6.69. The summed E-state index contributed by atoms with van der Waals surface area (Å²) in [6.45, 7) is 0.460. The Morgan fingerprint density at radius 1 is 1.00 bits per heavy atom. The number of rotatable bonds is 1. The normalized spacial score (nSPS) is 25.2. The summed E-state index contributed by atoms with van der Waals surface area (Å²) in [6.07, 6.45) is -3.47. The number of alkyl halides is 3. The van der Waals surface area contributed by atoms with E-state index in [-0.39, 0.29) is 12.0 Å². The van der Waals surface area contributed by atoms with Gasteiger partial charge >= 0.3 is 6.18 Å². The van der Waals surface area contributed by atoms with Gasteiger partial charge in [0.25, 0.3) is 0 Å². The molecule has 0 unspecified atom stereocenters. The molecule has 26 heavy (non-hydrogen) atoms. The van der Waals surface area contributed by atoms with Crippen LogP contribution in [-0.4, -0.2) is 6.61 Å². The minimum absolute atomic E-state index is 0.162. The van der Waals surface area contributed by atoms with E-state index in [1.54, 1.807) is 0 Å². The Hall–Kier alpha value is -2.15. The van der Waals surface area contributed by atoms with Crippen LogP contribution in [0.4, 0.5) is 27.6 Å². The number of fused-ring (bicyclic) bond motifs is 3. The van der Waals surface area contributed by atoms with Gasteiger partial charge in [-0.3, -0.25) is 0 Å². The van der Waals surface area contributed by atoms with Crippen LogP contribution in [0.15, 0.2) is 36.4 Å². The largest absolute Gasteiger partial charge is 0.416 e. The third kappa shape index (κ3) is 2.94. The van der Waals surface area contributed by atoms with Crippen molar-refractivity contribution in [2.24, 2.45) is 5.92 Å². The van der Waals surface area contributed by atoms with E-state index in [2.05, 4.69) is 5.32 Å². The minimum atomic E-state index is -4.43. The highest BCUT2D eigenvalue weighted by molar-refractivity contribution is 5.58. The highest BCUT2D eigenvalue weighted by atomic mass is 19.4. The molecule has 138 valence electrons. The van der Waals surface area contributed by atoms with Crippen LogP contribution >= 0.6 is 0 Å². The maximum atomic E-state index is 13.7. The SMILES string of the molecule is Fc1ccc([C@@H]2Nc3ccc(C(F)(F)F)cc3[C@H]3OCCC[C@H]32)cc1F. The van der Waals surface area contributed by atoms with Gasteiger partial charge in [-0.1, -0.05) is 6.07 Å². The fraction of sp³-hybridized carbons (Fsp3) is 0.368. The molecule has 0 radical (unpaired) electrons. The first kappa shape index (κ1) is 17.3. The lowest BCUT2D eigenvalue weighted by Gasteiger charge is -2.43. The standard InChI is InChI=1S/C19H16F5NO/c20-14-5-3-10(8-15(14)21)17-12-2-1-7-26-18(12)13-9-11(19(22,23)24)4-6-16(13)25-17/h3-6,8-9,12,17-18,25H,1-2,7H2/t12-,17-,18-/m0/s1. The van der Waals surface area contributed by atoms with Crippen molar-refractivity contribution in [3.05, 3.63) is 64.7 Å². The van der Waals surface area contributed by atoms with Gasteiger partial charge in [-0.2, -0.15) is 13.2 Å². The fourth-order valence-electron chi connectivity index (χ4n) is 3.88. The molecular weight excluding hydrogens is 353 g/mol. The second kappa shape index (κ2) is 6.23. The quantitative estimate of drug-likeness (QED) is 0.659. The summed E-state index contributed by atoms with van der Waals surface area (Å²) >= 11 is 0. The van der Waals surface area contributed by atoms with Crippen LogP contribution in [-0.2, 0) is 10.9 Å². The van der Waals surface area contributed by atoms with E-state index in [0.717, 1.165) is 37.1 Å². The molecule has 1 fully saturated rings. The monoisotopic (exact) mass is 369 g/mol. The van der Waals surface area contributed by atoms with Crippen LogP contribution in [0.2, 0.25) is 0 Å². The Bertz CT molecular complexity index is 835. The summed E-state index contributed by atoms with van der Waals surface area (Å²) in [5.41, 5.74) is 0.812. The fourth-order valence-corrected chi connectivity index (χ4v) is 3.88. The van der Waals surface area contributed by atoms with Gasteiger partial charge in [0.1, 0.15) is 0 Å². The first-order chi connectivity index (χ1) is 12.3. The Morgan fingerprint density at radius 2 is 1.81 bits per heavy atom. The van der Waals surface area contributed by atoms with Gasteiger partial charge in [0.05, 0.1) is 17.7 Å². The summed E-state index contributed by atoms with van der Waals surface area (Å²) in [5.74, 6) is -2.04. The molecule has 2 nitrogen and oxygen atoms in total. The Labute approximate surface area is 147 Å². The maximum absolute atomic E-state index is 13.7. The zero-order valence-corrected chi connectivity index (χ0v) is 13.6. The lowest BCUT2D eigenvalue weighted by atomic mass is 9.77. The average Bonchev–Trinajstić information content (AvgIpc) is 2.62. The molecule has 0 amide bonds. The van der Waals surface area contributed by atoms with Gasteiger partial charge in [-0.15, -0.1) is 0 Å². The molecule has 0 spiro atoms. The zero-order chi connectivity index (χ0) is 18.5. The van der Waals surface area contributed by atoms with Crippen molar-refractivity contribution in [2.75, 3.05) is 11.9 Å². The van der Waals surface area contributed by atoms with Crippen molar-refractivity contribution in [1.82, 2.24) is 0 Å². The van der Waals surface area contributed by atoms with Gasteiger partial charge in [-0.05, 0) is 48.7 Å². The van der Waals surface area contributed by atoms with Crippen molar-refractivity contribution < 1.29 is 26.7 Å². The molecule has 2 aromatic carbocycles. The molecule has 4 rings (SSSR count). The van der Waals surface area contributed by atoms with E-state index in [1.807, 2.05) is 0 Å². The Kier molecular flexibility index (Phi) is 4.14. The van der Waals surface area contributed by atoms with E-state index >= 15 is 0 Å². The third-order valence-electron chi connectivity index (χ3n) is 5.10. The highest BCUT2D eigenvalue weighted by Crippen LogP contribution is 2.50.